The Morgan fingerprint density at radius 1 is 1.40 bits per heavy atom. The molecule has 0 aliphatic heterocycles. The Kier molecular flexibility index (Phi) is 5.09. The van der Waals surface area contributed by atoms with E-state index in [2.05, 4.69) is 18.9 Å². The Balaban J connectivity index is 1.88. The molecule has 15 heavy (non-hydrogen) atoms. The van der Waals surface area contributed by atoms with Crippen molar-refractivity contribution in [3.63, 3.8) is 0 Å². The van der Waals surface area contributed by atoms with Crippen LogP contribution in [-0.2, 0) is 4.79 Å². The van der Waals surface area contributed by atoms with Gasteiger partial charge in [0.05, 0.1) is 0 Å². The molecule has 3 heteroatoms. The molecular weight excluding hydrogens is 190 g/mol. The SMILES string of the molecule is CC1CC1CN(C)CCCCCC(=O)O. The van der Waals surface area contributed by atoms with Crippen molar-refractivity contribution in [2.24, 2.45) is 11.8 Å². The summed E-state index contributed by atoms with van der Waals surface area (Å²) in [5.41, 5.74) is 0. The number of unbranched alkanes of at least 4 members (excludes halogenated alkanes) is 2. The number of hydrogen-bond donors (Lipinski definition) is 1. The van der Waals surface area contributed by atoms with Crippen LogP contribution >= 0.6 is 0 Å². The smallest absolute Gasteiger partial charge is 0.303 e. The molecule has 0 heterocycles. The Hall–Kier alpha value is -0.570. The Morgan fingerprint density at radius 2 is 2.07 bits per heavy atom. The standard InChI is InChI=1S/C12H23NO2/c1-10-8-11(10)9-13(2)7-5-3-4-6-12(14)15/h10-11H,3-9H2,1-2H3,(H,14,15). The zero-order valence-electron chi connectivity index (χ0n) is 9.91. The molecule has 1 rings (SSSR count). The summed E-state index contributed by atoms with van der Waals surface area (Å²) < 4.78 is 0. The highest BCUT2D eigenvalue weighted by Gasteiger charge is 2.32. The summed E-state index contributed by atoms with van der Waals surface area (Å²) in [5.74, 6) is 1.18. The van der Waals surface area contributed by atoms with Gasteiger partial charge in [0.2, 0.25) is 0 Å². The molecule has 2 unspecified atom stereocenters. The minimum absolute atomic E-state index is 0.323. The zero-order valence-corrected chi connectivity index (χ0v) is 9.91. The van der Waals surface area contributed by atoms with Gasteiger partial charge in [-0.25, -0.2) is 0 Å². The van der Waals surface area contributed by atoms with Crippen LogP contribution in [0.5, 0.6) is 0 Å². The second-order valence-electron chi connectivity index (χ2n) is 4.94. The number of carboxylic acid groups (broad SMARTS) is 1. The maximum atomic E-state index is 10.3. The van der Waals surface area contributed by atoms with Crippen LogP contribution in [0.1, 0.15) is 39.0 Å². The van der Waals surface area contributed by atoms with E-state index in [0.29, 0.717) is 6.42 Å². The van der Waals surface area contributed by atoms with Gasteiger partial charge in [-0.05, 0) is 44.7 Å². The van der Waals surface area contributed by atoms with E-state index < -0.39 is 5.97 Å². The first-order valence-electron chi connectivity index (χ1n) is 6.00. The van der Waals surface area contributed by atoms with Crippen LogP contribution in [0.3, 0.4) is 0 Å². The van der Waals surface area contributed by atoms with Crippen LogP contribution in [0.2, 0.25) is 0 Å². The quantitative estimate of drug-likeness (QED) is 0.628. The minimum Gasteiger partial charge on any atom is -0.481 e. The largest absolute Gasteiger partial charge is 0.481 e. The molecule has 0 radical (unpaired) electrons. The van der Waals surface area contributed by atoms with Gasteiger partial charge < -0.3 is 10.0 Å². The molecule has 0 spiro atoms. The summed E-state index contributed by atoms with van der Waals surface area (Å²) in [6.07, 6.45) is 4.71. The first-order valence-corrected chi connectivity index (χ1v) is 6.00. The van der Waals surface area contributed by atoms with E-state index in [1.54, 1.807) is 0 Å². The number of rotatable bonds is 8. The van der Waals surface area contributed by atoms with E-state index in [0.717, 1.165) is 37.6 Å². The molecule has 1 aliphatic rings. The van der Waals surface area contributed by atoms with Crippen molar-refractivity contribution in [1.82, 2.24) is 4.90 Å². The summed E-state index contributed by atoms with van der Waals surface area (Å²) in [7, 11) is 2.17. The van der Waals surface area contributed by atoms with Gasteiger partial charge in [0.15, 0.2) is 0 Å². The minimum atomic E-state index is -0.671. The second kappa shape index (κ2) is 6.11. The zero-order chi connectivity index (χ0) is 11.3. The maximum Gasteiger partial charge on any atom is 0.303 e. The molecule has 88 valence electrons. The third-order valence-corrected chi connectivity index (χ3v) is 3.25. The van der Waals surface area contributed by atoms with Gasteiger partial charge in [0, 0.05) is 13.0 Å². The summed E-state index contributed by atoms with van der Waals surface area (Å²) in [4.78, 5) is 12.7. The highest BCUT2D eigenvalue weighted by atomic mass is 16.4. The average Bonchev–Trinajstić information content (AvgIpc) is 2.80. The van der Waals surface area contributed by atoms with Crippen molar-refractivity contribution in [2.75, 3.05) is 20.1 Å². The molecule has 1 N–H and O–H groups in total. The van der Waals surface area contributed by atoms with Crippen LogP contribution in [0.15, 0.2) is 0 Å². The van der Waals surface area contributed by atoms with E-state index in [1.807, 2.05) is 0 Å². The fraction of sp³-hybridized carbons (Fsp3) is 0.917. The lowest BCUT2D eigenvalue weighted by atomic mass is 10.2. The van der Waals surface area contributed by atoms with Crippen LogP contribution in [0.25, 0.3) is 0 Å². The molecule has 0 aromatic heterocycles. The number of carbonyl (C=O) groups is 1. The number of aliphatic carboxylic acids is 1. The predicted octanol–water partition coefficient (Wildman–Crippen LogP) is 2.22. The normalized spacial score (nSPS) is 24.5. The highest BCUT2D eigenvalue weighted by Crippen LogP contribution is 2.37. The Labute approximate surface area is 92.5 Å². The third-order valence-electron chi connectivity index (χ3n) is 3.25. The molecule has 0 saturated heterocycles. The fourth-order valence-corrected chi connectivity index (χ4v) is 1.98. The number of carboxylic acids is 1. The van der Waals surface area contributed by atoms with Crippen molar-refractivity contribution in [2.45, 2.75) is 39.0 Å². The van der Waals surface area contributed by atoms with Crippen LogP contribution in [-0.4, -0.2) is 36.1 Å². The van der Waals surface area contributed by atoms with Crippen LogP contribution < -0.4 is 0 Å². The van der Waals surface area contributed by atoms with Crippen molar-refractivity contribution < 1.29 is 9.90 Å². The molecule has 0 amide bonds. The van der Waals surface area contributed by atoms with Crippen molar-refractivity contribution >= 4 is 5.97 Å². The van der Waals surface area contributed by atoms with Crippen molar-refractivity contribution in [1.29, 1.82) is 0 Å². The van der Waals surface area contributed by atoms with Crippen LogP contribution in [0, 0.1) is 11.8 Å². The summed E-state index contributed by atoms with van der Waals surface area (Å²) in [6.45, 7) is 4.65. The lowest BCUT2D eigenvalue weighted by Crippen LogP contribution is -2.22. The first kappa shape index (κ1) is 12.5. The molecule has 0 aromatic rings. The van der Waals surface area contributed by atoms with Crippen molar-refractivity contribution in [3.8, 4) is 0 Å². The Morgan fingerprint density at radius 3 is 2.60 bits per heavy atom. The van der Waals surface area contributed by atoms with Gasteiger partial charge in [0.1, 0.15) is 0 Å². The summed E-state index contributed by atoms with van der Waals surface area (Å²) in [6, 6.07) is 0. The summed E-state index contributed by atoms with van der Waals surface area (Å²) in [5, 5.41) is 8.47. The third kappa shape index (κ3) is 5.78. The van der Waals surface area contributed by atoms with Gasteiger partial charge in [-0.15, -0.1) is 0 Å². The van der Waals surface area contributed by atoms with Gasteiger partial charge in [-0.3, -0.25) is 4.79 Å². The molecular formula is C12H23NO2. The monoisotopic (exact) mass is 213 g/mol. The van der Waals surface area contributed by atoms with E-state index >= 15 is 0 Å². The van der Waals surface area contributed by atoms with E-state index in [1.165, 1.54) is 13.0 Å². The van der Waals surface area contributed by atoms with Gasteiger partial charge >= 0.3 is 5.97 Å². The molecule has 0 bridgehead atoms. The van der Waals surface area contributed by atoms with E-state index in [-0.39, 0.29) is 0 Å². The lowest BCUT2D eigenvalue weighted by Gasteiger charge is -2.15. The average molecular weight is 213 g/mol. The lowest BCUT2D eigenvalue weighted by molar-refractivity contribution is -0.137. The summed E-state index contributed by atoms with van der Waals surface area (Å²) >= 11 is 0. The van der Waals surface area contributed by atoms with Gasteiger partial charge in [-0.2, -0.15) is 0 Å². The molecule has 1 saturated carbocycles. The molecule has 3 nitrogen and oxygen atoms in total. The van der Waals surface area contributed by atoms with Crippen LogP contribution in [0.4, 0.5) is 0 Å². The topological polar surface area (TPSA) is 40.5 Å². The molecule has 0 aromatic carbocycles. The molecule has 1 fully saturated rings. The highest BCUT2D eigenvalue weighted by molar-refractivity contribution is 5.66. The van der Waals surface area contributed by atoms with Gasteiger partial charge in [0.25, 0.3) is 0 Å². The number of nitrogens with zero attached hydrogens (tertiary/aromatic N) is 1. The first-order chi connectivity index (χ1) is 7.09. The predicted molar refractivity (Wildman–Crippen MR) is 60.9 cm³/mol. The molecule has 1 aliphatic carbocycles. The van der Waals surface area contributed by atoms with Gasteiger partial charge in [-0.1, -0.05) is 13.3 Å². The maximum absolute atomic E-state index is 10.3. The second-order valence-corrected chi connectivity index (χ2v) is 4.94. The van der Waals surface area contributed by atoms with E-state index in [4.69, 9.17) is 5.11 Å². The van der Waals surface area contributed by atoms with Crippen molar-refractivity contribution in [3.05, 3.63) is 0 Å². The number of hydrogen-bond acceptors (Lipinski definition) is 2. The van der Waals surface area contributed by atoms with E-state index in [9.17, 15) is 4.79 Å². The Bertz CT molecular complexity index is 206. The fourth-order valence-electron chi connectivity index (χ4n) is 1.98. The molecule has 2 atom stereocenters.